The Morgan fingerprint density at radius 3 is 2.80 bits per heavy atom. The van der Waals surface area contributed by atoms with Crippen LogP contribution in [-0.4, -0.2) is 30.9 Å². The van der Waals surface area contributed by atoms with Crippen molar-refractivity contribution in [2.24, 2.45) is 0 Å². The van der Waals surface area contributed by atoms with E-state index >= 15 is 0 Å². The van der Waals surface area contributed by atoms with E-state index in [-0.39, 0.29) is 5.89 Å². The number of nitrogens with one attached hydrogen (secondary N) is 1. The number of hydrogen-bond acceptors (Lipinski definition) is 6. The molecule has 3 heterocycles. The van der Waals surface area contributed by atoms with Gasteiger partial charge >= 0.3 is 11.8 Å². The molecule has 25 heavy (non-hydrogen) atoms. The van der Waals surface area contributed by atoms with E-state index in [0.717, 1.165) is 9.95 Å². The molecule has 0 unspecified atom stereocenters. The second-order valence-electron chi connectivity index (χ2n) is 5.09. The van der Waals surface area contributed by atoms with Gasteiger partial charge in [0.2, 0.25) is 0 Å². The fourth-order valence-corrected chi connectivity index (χ4v) is 2.42. The van der Waals surface area contributed by atoms with Crippen molar-refractivity contribution in [3.63, 3.8) is 0 Å². The van der Waals surface area contributed by atoms with Crippen LogP contribution in [0.5, 0.6) is 11.5 Å². The minimum Gasteiger partial charge on any atom is -0.464 e. The third-order valence-corrected chi connectivity index (χ3v) is 3.49. The van der Waals surface area contributed by atoms with Crippen molar-refractivity contribution in [2.45, 2.75) is 0 Å². The molecule has 4 aromatic rings. The highest BCUT2D eigenvalue weighted by Gasteiger charge is 2.10. The number of carbonyl (C=O) groups is 1. The summed E-state index contributed by atoms with van der Waals surface area (Å²) in [5.74, 6) is 0.380. The van der Waals surface area contributed by atoms with Crippen LogP contribution in [0.15, 0.2) is 58.0 Å². The molecule has 0 aliphatic rings. The quantitative estimate of drug-likeness (QED) is 0.588. The lowest BCUT2D eigenvalue weighted by Crippen LogP contribution is -2.05. The van der Waals surface area contributed by atoms with Crippen molar-refractivity contribution < 1.29 is 19.1 Å². The van der Waals surface area contributed by atoms with Gasteiger partial charge in [-0.3, -0.25) is 9.55 Å². The minimum absolute atomic E-state index is 0.0597. The Balaban J connectivity index is 1.65. The number of H-pyrrole nitrogens is 1. The zero-order valence-corrected chi connectivity index (χ0v) is 12.5. The lowest BCUT2D eigenvalue weighted by atomic mass is 10.2. The van der Waals surface area contributed by atoms with Crippen molar-refractivity contribution >= 4 is 17.0 Å². The van der Waals surface area contributed by atoms with E-state index in [1.165, 1.54) is 12.4 Å². The molecule has 0 aliphatic carbocycles. The average molecular weight is 338 g/mol. The highest BCUT2D eigenvalue weighted by molar-refractivity contribution is 5.89. The third-order valence-electron chi connectivity index (χ3n) is 3.49. The zero-order valence-electron chi connectivity index (χ0n) is 12.5. The summed E-state index contributed by atoms with van der Waals surface area (Å²) in [6, 6.07) is 9.95. The Bertz CT molecular complexity index is 1140. The molecule has 124 valence electrons. The SMILES string of the molecule is O=C(O)n1ccc2cc(Oc3ccnc(-c4n[nH]c(=O)o4)c3)ccc21. The highest BCUT2D eigenvalue weighted by Crippen LogP contribution is 2.27. The van der Waals surface area contributed by atoms with Gasteiger partial charge in [-0.25, -0.2) is 14.7 Å². The van der Waals surface area contributed by atoms with E-state index in [9.17, 15) is 9.59 Å². The standard InChI is InChI=1S/C16H10N4O5/c21-15-19-18-14(25-15)12-8-11(3-5-17-12)24-10-1-2-13-9(7-10)4-6-20(13)16(22)23/h1-8H,(H,19,21)(H,22,23). The summed E-state index contributed by atoms with van der Waals surface area (Å²) in [5, 5.41) is 15.7. The number of fused-ring (bicyclic) bond motifs is 1. The van der Waals surface area contributed by atoms with Crippen LogP contribution >= 0.6 is 0 Å². The lowest BCUT2D eigenvalue weighted by molar-refractivity contribution is 0.197. The molecule has 9 heteroatoms. The molecule has 9 nitrogen and oxygen atoms in total. The van der Waals surface area contributed by atoms with E-state index in [1.807, 2.05) is 0 Å². The first-order valence-corrected chi connectivity index (χ1v) is 7.14. The number of benzene rings is 1. The van der Waals surface area contributed by atoms with Gasteiger partial charge < -0.3 is 14.3 Å². The first-order valence-electron chi connectivity index (χ1n) is 7.14. The van der Waals surface area contributed by atoms with Gasteiger partial charge in [-0.2, -0.15) is 0 Å². The lowest BCUT2D eigenvalue weighted by Gasteiger charge is -2.06. The van der Waals surface area contributed by atoms with Crippen LogP contribution in [0.25, 0.3) is 22.5 Å². The molecular weight excluding hydrogens is 328 g/mol. The van der Waals surface area contributed by atoms with Gasteiger partial charge in [0.1, 0.15) is 17.2 Å². The molecule has 0 radical (unpaired) electrons. The number of ether oxygens (including phenoxy) is 1. The summed E-state index contributed by atoms with van der Waals surface area (Å²) in [6.45, 7) is 0. The van der Waals surface area contributed by atoms with E-state index in [2.05, 4.69) is 15.2 Å². The molecule has 0 saturated heterocycles. The molecule has 0 bridgehead atoms. The van der Waals surface area contributed by atoms with Crippen LogP contribution in [0.4, 0.5) is 4.79 Å². The van der Waals surface area contributed by atoms with E-state index in [1.54, 1.807) is 36.4 Å². The van der Waals surface area contributed by atoms with Crippen LogP contribution in [0.1, 0.15) is 0 Å². The molecule has 3 aromatic heterocycles. The number of carboxylic acid groups (broad SMARTS) is 1. The maximum Gasteiger partial charge on any atom is 0.434 e. The van der Waals surface area contributed by atoms with Crippen molar-refractivity contribution in [3.8, 4) is 23.1 Å². The van der Waals surface area contributed by atoms with Crippen molar-refractivity contribution in [3.05, 3.63) is 59.3 Å². The predicted octanol–water partition coefficient (Wildman–Crippen LogP) is 2.70. The van der Waals surface area contributed by atoms with E-state index in [0.29, 0.717) is 22.7 Å². The van der Waals surface area contributed by atoms with Crippen LogP contribution in [0.2, 0.25) is 0 Å². The van der Waals surface area contributed by atoms with Gasteiger partial charge in [0.15, 0.2) is 0 Å². The van der Waals surface area contributed by atoms with Gasteiger partial charge in [0, 0.05) is 23.8 Å². The number of hydrogen-bond donors (Lipinski definition) is 2. The Morgan fingerprint density at radius 2 is 2.04 bits per heavy atom. The van der Waals surface area contributed by atoms with Gasteiger partial charge in [-0.05, 0) is 30.3 Å². The third kappa shape index (κ3) is 2.74. The summed E-state index contributed by atoms with van der Waals surface area (Å²) < 4.78 is 11.8. The number of rotatable bonds is 3. The van der Waals surface area contributed by atoms with Crippen molar-refractivity contribution in [2.75, 3.05) is 0 Å². The second-order valence-corrected chi connectivity index (χ2v) is 5.09. The molecule has 1 aromatic carbocycles. The van der Waals surface area contributed by atoms with Crippen molar-refractivity contribution in [1.82, 2.24) is 19.7 Å². The van der Waals surface area contributed by atoms with E-state index < -0.39 is 11.8 Å². The second kappa shape index (κ2) is 5.64. The van der Waals surface area contributed by atoms with Crippen LogP contribution in [-0.2, 0) is 0 Å². The van der Waals surface area contributed by atoms with Crippen LogP contribution < -0.4 is 10.5 Å². The first kappa shape index (κ1) is 14.7. The van der Waals surface area contributed by atoms with Gasteiger partial charge in [0.05, 0.1) is 5.52 Å². The molecular formula is C16H10N4O5. The molecule has 4 rings (SSSR count). The molecule has 0 saturated carbocycles. The fourth-order valence-electron chi connectivity index (χ4n) is 2.42. The highest BCUT2D eigenvalue weighted by atomic mass is 16.5. The monoisotopic (exact) mass is 338 g/mol. The van der Waals surface area contributed by atoms with Crippen LogP contribution in [0, 0.1) is 0 Å². The summed E-state index contributed by atoms with van der Waals surface area (Å²) in [4.78, 5) is 26.2. The zero-order chi connectivity index (χ0) is 17.4. The number of pyridine rings is 1. The summed E-state index contributed by atoms with van der Waals surface area (Å²) in [6.07, 6.45) is 1.92. The predicted molar refractivity (Wildman–Crippen MR) is 85.8 cm³/mol. The number of aromatic amines is 1. The van der Waals surface area contributed by atoms with Gasteiger partial charge in [-0.15, -0.1) is 5.10 Å². The van der Waals surface area contributed by atoms with Gasteiger partial charge in [0.25, 0.3) is 5.89 Å². The smallest absolute Gasteiger partial charge is 0.434 e. The molecule has 0 amide bonds. The Labute approximate surface area is 139 Å². The number of aromatic nitrogens is 4. The molecule has 0 aliphatic heterocycles. The normalized spacial score (nSPS) is 10.9. The maximum atomic E-state index is 11.1. The Hall–Kier alpha value is -3.88. The molecule has 0 fully saturated rings. The van der Waals surface area contributed by atoms with Gasteiger partial charge in [-0.1, -0.05) is 0 Å². The fraction of sp³-hybridized carbons (Fsp3) is 0. The van der Waals surface area contributed by atoms with E-state index in [4.69, 9.17) is 14.3 Å². The molecule has 2 N–H and O–H groups in total. The topological polar surface area (TPSA) is 123 Å². The van der Waals surface area contributed by atoms with Crippen LogP contribution in [0.3, 0.4) is 0 Å². The Morgan fingerprint density at radius 1 is 1.20 bits per heavy atom. The van der Waals surface area contributed by atoms with Crippen molar-refractivity contribution in [1.29, 1.82) is 0 Å². The molecule has 0 spiro atoms. The molecule has 0 atom stereocenters. The summed E-state index contributed by atoms with van der Waals surface area (Å²) in [7, 11) is 0. The Kier molecular flexibility index (Phi) is 3.31. The largest absolute Gasteiger partial charge is 0.464 e. The minimum atomic E-state index is -1.05. The summed E-state index contributed by atoms with van der Waals surface area (Å²) in [5.41, 5.74) is 0.905. The average Bonchev–Trinajstić information content (AvgIpc) is 3.21. The first-order chi connectivity index (χ1) is 12.1. The summed E-state index contributed by atoms with van der Waals surface area (Å²) >= 11 is 0. The number of nitrogens with zero attached hydrogens (tertiary/aromatic N) is 3. The maximum absolute atomic E-state index is 11.1.